The van der Waals surface area contributed by atoms with Crippen molar-refractivity contribution >= 4 is 46.3 Å². The van der Waals surface area contributed by atoms with Crippen LogP contribution < -0.4 is 14.9 Å². The highest BCUT2D eigenvalue weighted by Crippen LogP contribution is 2.34. The number of methoxy groups -OCH3 is 1. The quantitative estimate of drug-likeness (QED) is 0.213. The fourth-order valence-corrected chi connectivity index (χ4v) is 4.13. The molecule has 0 aliphatic rings. The van der Waals surface area contributed by atoms with Gasteiger partial charge in [-0.1, -0.05) is 53.6 Å². The molecule has 0 heterocycles. The highest BCUT2D eigenvalue weighted by molar-refractivity contribution is 14.1. The average Bonchev–Trinajstić information content (AvgIpc) is 2.75. The SMILES string of the molecule is COc1cc(/C=N/NC(=O)Cc2ccc(C)cc2C)cc(I)c1OCc1ccccc1Cl. The van der Waals surface area contributed by atoms with Crippen molar-refractivity contribution < 1.29 is 14.3 Å². The normalized spacial score (nSPS) is 10.9. The molecule has 0 saturated heterocycles. The molecule has 166 valence electrons. The van der Waals surface area contributed by atoms with Gasteiger partial charge in [0.1, 0.15) is 6.61 Å². The average molecular weight is 563 g/mol. The topological polar surface area (TPSA) is 59.9 Å². The lowest BCUT2D eigenvalue weighted by molar-refractivity contribution is -0.120. The largest absolute Gasteiger partial charge is 0.493 e. The van der Waals surface area contributed by atoms with Gasteiger partial charge < -0.3 is 9.47 Å². The highest BCUT2D eigenvalue weighted by atomic mass is 127. The van der Waals surface area contributed by atoms with E-state index < -0.39 is 0 Å². The van der Waals surface area contributed by atoms with Gasteiger partial charge in [-0.25, -0.2) is 5.43 Å². The van der Waals surface area contributed by atoms with E-state index in [1.807, 2.05) is 62.4 Å². The Labute approximate surface area is 206 Å². The first-order valence-electron chi connectivity index (χ1n) is 9.99. The molecule has 0 aromatic heterocycles. The van der Waals surface area contributed by atoms with Crippen LogP contribution in [0.1, 0.15) is 27.8 Å². The zero-order chi connectivity index (χ0) is 23.1. The second-order valence-electron chi connectivity index (χ2n) is 7.31. The number of halogens is 2. The Hall–Kier alpha value is -2.58. The summed E-state index contributed by atoms with van der Waals surface area (Å²) in [6.07, 6.45) is 1.86. The first-order valence-corrected chi connectivity index (χ1v) is 11.4. The van der Waals surface area contributed by atoms with E-state index in [0.717, 1.165) is 25.8 Å². The molecule has 1 amide bonds. The van der Waals surface area contributed by atoms with Gasteiger partial charge in [0.2, 0.25) is 5.91 Å². The minimum Gasteiger partial charge on any atom is -0.493 e. The van der Waals surface area contributed by atoms with E-state index in [4.69, 9.17) is 21.1 Å². The fourth-order valence-electron chi connectivity index (χ4n) is 3.16. The lowest BCUT2D eigenvalue weighted by Gasteiger charge is -2.14. The van der Waals surface area contributed by atoms with Gasteiger partial charge in [-0.05, 0) is 71.3 Å². The van der Waals surface area contributed by atoms with Crippen LogP contribution in [0.15, 0.2) is 59.7 Å². The number of rotatable bonds is 8. The molecular formula is C25H24ClIN2O3. The molecule has 0 radical (unpaired) electrons. The summed E-state index contributed by atoms with van der Waals surface area (Å²) in [7, 11) is 1.58. The Morgan fingerprint density at radius 3 is 2.62 bits per heavy atom. The molecule has 0 aliphatic heterocycles. The van der Waals surface area contributed by atoms with Crippen LogP contribution in [-0.4, -0.2) is 19.2 Å². The predicted molar refractivity (Wildman–Crippen MR) is 137 cm³/mol. The number of nitrogens with zero attached hydrogens (tertiary/aromatic N) is 1. The molecular weight excluding hydrogens is 539 g/mol. The summed E-state index contributed by atoms with van der Waals surface area (Å²) < 4.78 is 12.3. The number of carbonyl (C=O) groups excluding carboxylic acids is 1. The van der Waals surface area contributed by atoms with Gasteiger partial charge in [0.15, 0.2) is 11.5 Å². The van der Waals surface area contributed by atoms with Crippen LogP contribution in [0.5, 0.6) is 11.5 Å². The third-order valence-corrected chi connectivity index (χ3v) is 6.00. The van der Waals surface area contributed by atoms with Crippen LogP contribution in [0.25, 0.3) is 0 Å². The minimum atomic E-state index is -0.172. The maximum Gasteiger partial charge on any atom is 0.244 e. The molecule has 0 unspecified atom stereocenters. The first-order chi connectivity index (χ1) is 15.4. The molecule has 0 fully saturated rings. The number of ether oxygens (including phenoxy) is 2. The third kappa shape index (κ3) is 6.46. The van der Waals surface area contributed by atoms with Crippen molar-refractivity contribution in [3.8, 4) is 11.5 Å². The van der Waals surface area contributed by atoms with Crippen LogP contribution in [0.4, 0.5) is 0 Å². The number of nitrogens with one attached hydrogen (secondary N) is 1. The molecule has 7 heteroatoms. The van der Waals surface area contributed by atoms with Gasteiger partial charge in [-0.2, -0.15) is 5.10 Å². The van der Waals surface area contributed by atoms with E-state index in [1.165, 1.54) is 5.56 Å². The van der Waals surface area contributed by atoms with Crippen LogP contribution in [0.2, 0.25) is 5.02 Å². The van der Waals surface area contributed by atoms with E-state index in [2.05, 4.69) is 39.2 Å². The zero-order valence-electron chi connectivity index (χ0n) is 18.1. The monoisotopic (exact) mass is 562 g/mol. The van der Waals surface area contributed by atoms with Crippen LogP contribution in [0, 0.1) is 17.4 Å². The molecule has 3 aromatic rings. The third-order valence-electron chi connectivity index (χ3n) is 4.83. The summed E-state index contributed by atoms with van der Waals surface area (Å²) >= 11 is 8.40. The second-order valence-corrected chi connectivity index (χ2v) is 8.88. The summed E-state index contributed by atoms with van der Waals surface area (Å²) in [5.74, 6) is 1.03. The van der Waals surface area contributed by atoms with Crippen molar-refractivity contribution in [1.82, 2.24) is 5.43 Å². The number of hydrogen-bond acceptors (Lipinski definition) is 4. The van der Waals surface area contributed by atoms with Crippen LogP contribution in [-0.2, 0) is 17.8 Å². The number of carbonyl (C=O) groups is 1. The van der Waals surface area contributed by atoms with Gasteiger partial charge in [-0.3, -0.25) is 4.79 Å². The Morgan fingerprint density at radius 2 is 1.91 bits per heavy atom. The van der Waals surface area contributed by atoms with Crippen LogP contribution >= 0.6 is 34.2 Å². The van der Waals surface area contributed by atoms with E-state index in [1.54, 1.807) is 13.3 Å². The van der Waals surface area contributed by atoms with Crippen molar-refractivity contribution in [3.63, 3.8) is 0 Å². The van der Waals surface area contributed by atoms with Crippen LogP contribution in [0.3, 0.4) is 0 Å². The summed E-state index contributed by atoms with van der Waals surface area (Å²) in [5, 5.41) is 4.75. The standard InChI is InChI=1S/C25H24ClIN2O3/c1-16-8-9-19(17(2)10-16)13-24(30)29-28-14-18-11-22(27)25(23(12-18)31-3)32-15-20-6-4-5-7-21(20)26/h4-12,14H,13,15H2,1-3H3,(H,29,30)/b28-14+. The van der Waals surface area contributed by atoms with Gasteiger partial charge in [-0.15, -0.1) is 0 Å². The van der Waals surface area contributed by atoms with Gasteiger partial charge in [0.05, 0.1) is 23.3 Å². The Balaban J connectivity index is 1.65. The highest BCUT2D eigenvalue weighted by Gasteiger charge is 2.12. The van der Waals surface area contributed by atoms with E-state index in [0.29, 0.717) is 23.1 Å². The van der Waals surface area contributed by atoms with Crippen molar-refractivity contribution in [2.24, 2.45) is 5.10 Å². The maximum atomic E-state index is 12.2. The van der Waals surface area contributed by atoms with E-state index in [9.17, 15) is 4.79 Å². The second kappa shape index (κ2) is 11.3. The molecule has 0 bridgehead atoms. The molecule has 3 aromatic carbocycles. The summed E-state index contributed by atoms with van der Waals surface area (Å²) in [6.45, 7) is 4.36. The number of hydrazone groups is 1. The Bertz CT molecular complexity index is 1150. The molecule has 32 heavy (non-hydrogen) atoms. The van der Waals surface area contributed by atoms with Gasteiger partial charge >= 0.3 is 0 Å². The maximum absolute atomic E-state index is 12.2. The number of hydrogen-bond donors (Lipinski definition) is 1. The van der Waals surface area contributed by atoms with E-state index >= 15 is 0 Å². The molecule has 0 atom stereocenters. The lowest BCUT2D eigenvalue weighted by Crippen LogP contribution is -2.20. The lowest BCUT2D eigenvalue weighted by atomic mass is 10.0. The molecule has 3 rings (SSSR count). The summed E-state index contributed by atoms with van der Waals surface area (Å²) in [4.78, 5) is 12.2. The smallest absolute Gasteiger partial charge is 0.244 e. The Morgan fingerprint density at radius 1 is 1.12 bits per heavy atom. The van der Waals surface area contributed by atoms with Crippen molar-refractivity contribution in [2.45, 2.75) is 26.9 Å². The van der Waals surface area contributed by atoms with Crippen molar-refractivity contribution in [1.29, 1.82) is 0 Å². The van der Waals surface area contributed by atoms with Gasteiger partial charge in [0, 0.05) is 10.6 Å². The molecule has 1 N–H and O–H groups in total. The van der Waals surface area contributed by atoms with Gasteiger partial charge in [0.25, 0.3) is 0 Å². The molecule has 5 nitrogen and oxygen atoms in total. The number of benzene rings is 3. The minimum absolute atomic E-state index is 0.172. The molecule has 0 saturated carbocycles. The number of amides is 1. The summed E-state index contributed by atoms with van der Waals surface area (Å²) in [5.41, 5.74) is 7.51. The fraction of sp³-hybridized carbons (Fsp3) is 0.200. The van der Waals surface area contributed by atoms with E-state index in [-0.39, 0.29) is 12.3 Å². The van der Waals surface area contributed by atoms with Crippen molar-refractivity contribution in [3.05, 3.63) is 91.0 Å². The van der Waals surface area contributed by atoms with Crippen molar-refractivity contribution in [2.75, 3.05) is 7.11 Å². The number of aryl methyl sites for hydroxylation is 2. The molecule has 0 spiro atoms. The molecule has 0 aliphatic carbocycles. The first kappa shape index (κ1) is 24.1. The summed E-state index contributed by atoms with van der Waals surface area (Å²) in [6, 6.07) is 17.3. The predicted octanol–water partition coefficient (Wildman–Crippen LogP) is 5.84. The zero-order valence-corrected chi connectivity index (χ0v) is 21.0. The Kier molecular flexibility index (Phi) is 8.53.